The summed E-state index contributed by atoms with van der Waals surface area (Å²) >= 11 is 0. The lowest BCUT2D eigenvalue weighted by molar-refractivity contribution is 0.0526. The zero-order valence-corrected chi connectivity index (χ0v) is 15.0. The van der Waals surface area contributed by atoms with Gasteiger partial charge in [0.2, 0.25) is 10.0 Å². The minimum Gasteiger partial charge on any atom is -0.462 e. The van der Waals surface area contributed by atoms with E-state index < -0.39 is 16.0 Å². The average Bonchev–Trinajstić information content (AvgIpc) is 2.55. The molecule has 0 spiro atoms. The van der Waals surface area contributed by atoms with E-state index in [0.29, 0.717) is 18.7 Å². The van der Waals surface area contributed by atoms with Crippen molar-refractivity contribution in [2.24, 2.45) is 0 Å². The Morgan fingerprint density at radius 2 is 2.00 bits per heavy atom. The van der Waals surface area contributed by atoms with Crippen LogP contribution in [0.1, 0.15) is 30.1 Å². The van der Waals surface area contributed by atoms with Crippen LogP contribution in [0.15, 0.2) is 29.2 Å². The minimum absolute atomic E-state index is 0. The second-order valence-electron chi connectivity index (χ2n) is 5.24. The van der Waals surface area contributed by atoms with Gasteiger partial charge in [0, 0.05) is 19.1 Å². The third-order valence-electron chi connectivity index (χ3n) is 3.80. The topological polar surface area (TPSA) is 75.7 Å². The van der Waals surface area contributed by atoms with Gasteiger partial charge in [0.1, 0.15) is 0 Å². The number of carbonyl (C=O) groups excluding carboxylic acids is 1. The summed E-state index contributed by atoms with van der Waals surface area (Å²) in [6, 6.07) is 6.09. The van der Waals surface area contributed by atoms with E-state index >= 15 is 0 Å². The first-order chi connectivity index (χ1) is 10.5. The molecule has 1 saturated heterocycles. The van der Waals surface area contributed by atoms with Crippen LogP contribution >= 0.6 is 12.4 Å². The van der Waals surface area contributed by atoms with Crippen LogP contribution in [0, 0.1) is 0 Å². The van der Waals surface area contributed by atoms with E-state index in [1.54, 1.807) is 6.92 Å². The summed E-state index contributed by atoms with van der Waals surface area (Å²) in [6.45, 7) is 3.02. The molecule has 1 heterocycles. The highest BCUT2D eigenvalue weighted by Crippen LogP contribution is 2.21. The van der Waals surface area contributed by atoms with Gasteiger partial charge in [-0.1, -0.05) is 0 Å². The molecule has 8 heteroatoms. The van der Waals surface area contributed by atoms with Crippen LogP contribution in [0.5, 0.6) is 0 Å². The number of halogens is 1. The second-order valence-corrected chi connectivity index (χ2v) is 7.17. The summed E-state index contributed by atoms with van der Waals surface area (Å²) in [5, 5.41) is 3.13. The van der Waals surface area contributed by atoms with Crippen LogP contribution in [0.2, 0.25) is 0 Å². The Labute approximate surface area is 143 Å². The molecule has 1 unspecified atom stereocenters. The maximum absolute atomic E-state index is 12.6. The number of piperidine rings is 1. The Balaban J connectivity index is 0.00000264. The summed E-state index contributed by atoms with van der Waals surface area (Å²) in [5.74, 6) is -0.445. The number of sulfonamides is 1. The largest absolute Gasteiger partial charge is 0.462 e. The van der Waals surface area contributed by atoms with Crippen LogP contribution in [-0.2, 0) is 14.8 Å². The van der Waals surface area contributed by atoms with Gasteiger partial charge in [-0.2, -0.15) is 4.31 Å². The lowest BCUT2D eigenvalue weighted by atomic mass is 10.1. The predicted molar refractivity (Wildman–Crippen MR) is 90.5 cm³/mol. The molecule has 1 atom stereocenters. The van der Waals surface area contributed by atoms with Crippen LogP contribution in [0.4, 0.5) is 0 Å². The van der Waals surface area contributed by atoms with Crippen LogP contribution in [0.25, 0.3) is 0 Å². The lowest BCUT2D eigenvalue weighted by Gasteiger charge is -2.31. The normalized spacial score (nSPS) is 19.0. The van der Waals surface area contributed by atoms with Gasteiger partial charge < -0.3 is 10.1 Å². The Bertz CT molecular complexity index is 619. The summed E-state index contributed by atoms with van der Waals surface area (Å²) in [5.41, 5.74) is 0.354. The van der Waals surface area contributed by atoms with Gasteiger partial charge in [-0.15, -0.1) is 12.4 Å². The molecule has 0 amide bonds. The zero-order chi connectivity index (χ0) is 16.2. The van der Waals surface area contributed by atoms with Crippen molar-refractivity contribution in [2.75, 3.05) is 26.7 Å². The summed E-state index contributed by atoms with van der Waals surface area (Å²) < 4.78 is 31.7. The third-order valence-corrected chi connectivity index (χ3v) is 5.67. The van der Waals surface area contributed by atoms with E-state index in [1.807, 2.05) is 7.05 Å². The van der Waals surface area contributed by atoms with Gasteiger partial charge >= 0.3 is 5.97 Å². The van der Waals surface area contributed by atoms with Crippen molar-refractivity contribution in [3.63, 3.8) is 0 Å². The molecule has 0 aromatic heterocycles. The molecule has 0 bridgehead atoms. The van der Waals surface area contributed by atoms with Crippen molar-refractivity contribution < 1.29 is 17.9 Å². The molecule has 1 fully saturated rings. The van der Waals surface area contributed by atoms with E-state index in [2.05, 4.69) is 5.32 Å². The number of benzene rings is 1. The van der Waals surface area contributed by atoms with Gasteiger partial charge in [0.25, 0.3) is 0 Å². The quantitative estimate of drug-likeness (QED) is 0.806. The van der Waals surface area contributed by atoms with E-state index in [0.717, 1.165) is 12.8 Å². The van der Waals surface area contributed by atoms with Gasteiger partial charge in [-0.3, -0.25) is 0 Å². The Hall–Kier alpha value is -1.15. The number of carbonyl (C=O) groups is 1. The number of hydrogen-bond acceptors (Lipinski definition) is 5. The molecule has 0 saturated carbocycles. The summed E-state index contributed by atoms with van der Waals surface area (Å²) in [7, 11) is -1.68. The minimum atomic E-state index is -3.52. The number of ether oxygens (including phenoxy) is 1. The number of likely N-dealkylation sites (N-methyl/N-ethyl adjacent to an activating group) is 1. The predicted octanol–water partition coefficient (Wildman–Crippen LogP) is 1.66. The van der Waals surface area contributed by atoms with Crippen LogP contribution in [-0.4, -0.2) is 51.5 Å². The molecule has 23 heavy (non-hydrogen) atoms. The maximum Gasteiger partial charge on any atom is 0.338 e. The number of hydrogen-bond donors (Lipinski definition) is 1. The molecule has 1 aromatic carbocycles. The van der Waals surface area contributed by atoms with Crippen LogP contribution in [0.3, 0.4) is 0 Å². The van der Waals surface area contributed by atoms with E-state index in [4.69, 9.17) is 4.74 Å². The van der Waals surface area contributed by atoms with Crippen molar-refractivity contribution >= 4 is 28.4 Å². The Morgan fingerprint density at radius 3 is 2.57 bits per heavy atom. The number of rotatable bonds is 5. The fourth-order valence-electron chi connectivity index (χ4n) is 2.52. The molecular formula is C15H23ClN2O4S. The number of nitrogens with one attached hydrogen (secondary N) is 1. The Kier molecular flexibility index (Phi) is 7.47. The summed E-state index contributed by atoms with van der Waals surface area (Å²) in [4.78, 5) is 11.8. The first-order valence-corrected chi connectivity index (χ1v) is 8.87. The zero-order valence-electron chi connectivity index (χ0n) is 13.3. The average molecular weight is 363 g/mol. The Morgan fingerprint density at radius 1 is 1.35 bits per heavy atom. The molecule has 1 N–H and O–H groups in total. The smallest absolute Gasteiger partial charge is 0.338 e. The first kappa shape index (κ1) is 19.9. The molecule has 0 radical (unpaired) electrons. The van der Waals surface area contributed by atoms with E-state index in [-0.39, 0.29) is 30.0 Å². The molecule has 6 nitrogen and oxygen atoms in total. The van der Waals surface area contributed by atoms with Gasteiger partial charge in [0.05, 0.1) is 17.1 Å². The molecule has 1 aliphatic rings. The maximum atomic E-state index is 12.6. The number of esters is 1. The first-order valence-electron chi connectivity index (χ1n) is 7.43. The highest BCUT2D eigenvalue weighted by Gasteiger charge is 2.29. The van der Waals surface area contributed by atoms with E-state index in [9.17, 15) is 13.2 Å². The highest BCUT2D eigenvalue weighted by atomic mass is 35.5. The van der Waals surface area contributed by atoms with Gasteiger partial charge in [-0.25, -0.2) is 13.2 Å². The SMILES string of the molecule is CCOC(=O)c1ccc(S(=O)(=O)N2CCCC(NC)C2)cc1.Cl. The van der Waals surface area contributed by atoms with Crippen molar-refractivity contribution in [1.29, 1.82) is 0 Å². The van der Waals surface area contributed by atoms with Crippen molar-refractivity contribution in [2.45, 2.75) is 30.7 Å². The lowest BCUT2D eigenvalue weighted by Crippen LogP contribution is -2.46. The number of nitrogens with zero attached hydrogens (tertiary/aromatic N) is 1. The third kappa shape index (κ3) is 4.67. The molecule has 1 aliphatic heterocycles. The fraction of sp³-hybridized carbons (Fsp3) is 0.533. The van der Waals surface area contributed by atoms with Gasteiger partial charge in [0.15, 0.2) is 0 Å². The summed E-state index contributed by atoms with van der Waals surface area (Å²) in [6.07, 6.45) is 1.82. The molecule has 130 valence electrons. The molecular weight excluding hydrogens is 340 g/mol. The van der Waals surface area contributed by atoms with Crippen molar-refractivity contribution in [3.8, 4) is 0 Å². The van der Waals surface area contributed by atoms with Crippen molar-refractivity contribution in [3.05, 3.63) is 29.8 Å². The molecule has 0 aliphatic carbocycles. The van der Waals surface area contributed by atoms with Crippen molar-refractivity contribution in [1.82, 2.24) is 9.62 Å². The standard InChI is InChI=1S/C15H22N2O4S.ClH/c1-3-21-15(18)12-6-8-14(9-7-12)22(19,20)17-10-4-5-13(11-17)16-2;/h6-9,13,16H,3-5,10-11H2,1-2H3;1H. The molecule has 1 aromatic rings. The van der Waals surface area contributed by atoms with E-state index in [1.165, 1.54) is 28.6 Å². The fourth-order valence-corrected chi connectivity index (χ4v) is 4.05. The monoisotopic (exact) mass is 362 g/mol. The molecule has 2 rings (SSSR count). The van der Waals surface area contributed by atoms with Crippen LogP contribution < -0.4 is 5.32 Å². The highest BCUT2D eigenvalue weighted by molar-refractivity contribution is 7.89. The second kappa shape index (κ2) is 8.63. The van der Waals surface area contributed by atoms with Gasteiger partial charge in [-0.05, 0) is 51.1 Å².